The fourth-order valence-electron chi connectivity index (χ4n) is 2.78. The van der Waals surface area contributed by atoms with E-state index in [0.717, 1.165) is 24.9 Å². The summed E-state index contributed by atoms with van der Waals surface area (Å²) in [6.45, 7) is 4.17. The molecule has 22 heavy (non-hydrogen) atoms. The van der Waals surface area contributed by atoms with Crippen molar-refractivity contribution in [1.82, 2.24) is 15.1 Å². The highest BCUT2D eigenvalue weighted by atomic mass is 32.1. The van der Waals surface area contributed by atoms with Gasteiger partial charge in [0.25, 0.3) is 0 Å². The molecule has 1 fully saturated rings. The van der Waals surface area contributed by atoms with Crippen molar-refractivity contribution in [2.45, 2.75) is 32.4 Å². The van der Waals surface area contributed by atoms with Crippen molar-refractivity contribution >= 4 is 17.2 Å². The van der Waals surface area contributed by atoms with Crippen LogP contribution < -0.4 is 5.32 Å². The summed E-state index contributed by atoms with van der Waals surface area (Å²) in [5, 5.41) is 9.38. The van der Waals surface area contributed by atoms with Crippen molar-refractivity contribution < 1.29 is 9.53 Å². The van der Waals surface area contributed by atoms with E-state index in [1.807, 2.05) is 30.1 Å². The van der Waals surface area contributed by atoms with Gasteiger partial charge >= 0.3 is 0 Å². The van der Waals surface area contributed by atoms with Gasteiger partial charge in [-0.25, -0.2) is 0 Å². The lowest BCUT2D eigenvalue weighted by Crippen LogP contribution is -2.33. The number of aryl methyl sites for hydroxylation is 1. The first-order valence-corrected chi connectivity index (χ1v) is 8.60. The van der Waals surface area contributed by atoms with E-state index < -0.39 is 0 Å². The van der Waals surface area contributed by atoms with Crippen molar-refractivity contribution in [3.8, 4) is 0 Å². The molecule has 1 aliphatic rings. The minimum absolute atomic E-state index is 0.0864. The normalized spacial score (nSPS) is 21.1. The topological polar surface area (TPSA) is 56.1 Å². The Hall–Kier alpha value is -1.66. The minimum Gasteiger partial charge on any atom is -0.373 e. The maximum absolute atomic E-state index is 12.4. The molecule has 2 aromatic heterocycles. The highest BCUT2D eigenvalue weighted by Gasteiger charge is 2.35. The van der Waals surface area contributed by atoms with Crippen LogP contribution in [0.25, 0.3) is 0 Å². The van der Waals surface area contributed by atoms with E-state index >= 15 is 0 Å². The number of hydrogen-bond donors (Lipinski definition) is 1. The lowest BCUT2D eigenvalue weighted by Gasteiger charge is -2.16. The molecular formula is C16H21N3O2S. The quantitative estimate of drug-likeness (QED) is 0.889. The second-order valence-electron chi connectivity index (χ2n) is 5.44. The molecule has 6 heteroatoms. The molecule has 2 aromatic rings. The van der Waals surface area contributed by atoms with Gasteiger partial charge in [0.2, 0.25) is 5.91 Å². The fourth-order valence-corrected chi connectivity index (χ4v) is 3.49. The van der Waals surface area contributed by atoms with Gasteiger partial charge in [-0.05, 0) is 31.2 Å². The fraction of sp³-hybridized carbons (Fsp3) is 0.500. The number of nitrogens with zero attached hydrogens (tertiary/aromatic N) is 2. The van der Waals surface area contributed by atoms with Crippen LogP contribution in [0.1, 0.15) is 29.9 Å². The predicted octanol–water partition coefficient (Wildman–Crippen LogP) is 2.40. The standard InChI is InChI=1S/C16H21N3O2S/c1-2-19-11-12(10-18-19)15-14(6-8-21-15)16(20)17-7-5-13-4-3-9-22-13/h3-4,9-11,14-15H,2,5-8H2,1H3,(H,17,20)/t14-,15+/m0/s1. The first kappa shape index (κ1) is 15.2. The number of carbonyl (C=O) groups is 1. The van der Waals surface area contributed by atoms with Crippen LogP contribution in [-0.2, 0) is 22.5 Å². The first-order chi connectivity index (χ1) is 10.8. The number of nitrogens with one attached hydrogen (secondary N) is 1. The molecule has 1 amide bonds. The van der Waals surface area contributed by atoms with Gasteiger partial charge in [-0.15, -0.1) is 11.3 Å². The summed E-state index contributed by atoms with van der Waals surface area (Å²) in [5.41, 5.74) is 0.998. The number of rotatable bonds is 6. The SMILES string of the molecule is CCn1cc([C@H]2OCC[C@@H]2C(=O)NCCc2cccs2)cn1. The molecule has 3 heterocycles. The Balaban J connectivity index is 1.56. The Bertz CT molecular complexity index is 609. The maximum atomic E-state index is 12.4. The molecule has 0 bridgehead atoms. The van der Waals surface area contributed by atoms with Crippen LogP contribution in [0, 0.1) is 5.92 Å². The van der Waals surface area contributed by atoms with Gasteiger partial charge < -0.3 is 10.1 Å². The van der Waals surface area contributed by atoms with Crippen LogP contribution in [0.15, 0.2) is 29.9 Å². The van der Waals surface area contributed by atoms with E-state index in [9.17, 15) is 4.79 Å². The Morgan fingerprint density at radius 3 is 3.23 bits per heavy atom. The average Bonchev–Trinajstić information content (AvgIpc) is 3.27. The van der Waals surface area contributed by atoms with Crippen molar-refractivity contribution in [1.29, 1.82) is 0 Å². The molecule has 1 aliphatic heterocycles. The number of thiophene rings is 1. The molecule has 3 rings (SSSR count). The van der Waals surface area contributed by atoms with E-state index in [4.69, 9.17) is 4.74 Å². The van der Waals surface area contributed by atoms with Crippen molar-refractivity contribution in [2.75, 3.05) is 13.2 Å². The van der Waals surface area contributed by atoms with Crippen molar-refractivity contribution in [2.24, 2.45) is 5.92 Å². The smallest absolute Gasteiger partial charge is 0.226 e. The Morgan fingerprint density at radius 2 is 2.50 bits per heavy atom. The van der Waals surface area contributed by atoms with Crippen LogP contribution in [0.3, 0.4) is 0 Å². The summed E-state index contributed by atoms with van der Waals surface area (Å²) < 4.78 is 7.63. The van der Waals surface area contributed by atoms with Crippen LogP contribution in [0.2, 0.25) is 0 Å². The summed E-state index contributed by atoms with van der Waals surface area (Å²) >= 11 is 1.72. The summed E-state index contributed by atoms with van der Waals surface area (Å²) in [7, 11) is 0. The van der Waals surface area contributed by atoms with Gasteiger partial charge in [-0.2, -0.15) is 5.10 Å². The molecule has 2 atom stereocenters. The zero-order valence-corrected chi connectivity index (χ0v) is 13.5. The number of amides is 1. The van der Waals surface area contributed by atoms with Crippen molar-refractivity contribution in [3.63, 3.8) is 0 Å². The molecule has 0 radical (unpaired) electrons. The summed E-state index contributed by atoms with van der Waals surface area (Å²) in [4.78, 5) is 13.7. The zero-order valence-electron chi connectivity index (χ0n) is 12.7. The largest absolute Gasteiger partial charge is 0.373 e. The number of aromatic nitrogens is 2. The summed E-state index contributed by atoms with van der Waals surface area (Å²) in [5.74, 6) is -0.0267. The Kier molecular flexibility index (Phi) is 4.90. The van der Waals surface area contributed by atoms with Crippen LogP contribution in [-0.4, -0.2) is 28.8 Å². The molecule has 1 saturated heterocycles. The molecule has 0 aliphatic carbocycles. The van der Waals surface area contributed by atoms with Gasteiger partial charge in [-0.1, -0.05) is 6.07 Å². The molecule has 118 valence electrons. The molecule has 0 aromatic carbocycles. The van der Waals surface area contributed by atoms with Crippen LogP contribution in [0.5, 0.6) is 0 Å². The van der Waals surface area contributed by atoms with Crippen molar-refractivity contribution in [3.05, 3.63) is 40.3 Å². The monoisotopic (exact) mass is 319 g/mol. The Morgan fingerprint density at radius 1 is 1.59 bits per heavy atom. The molecule has 0 spiro atoms. The van der Waals surface area contributed by atoms with Gasteiger partial charge in [-0.3, -0.25) is 9.48 Å². The summed E-state index contributed by atoms with van der Waals surface area (Å²) in [6.07, 6.45) is 5.28. The average molecular weight is 319 g/mol. The molecular weight excluding hydrogens is 298 g/mol. The lowest BCUT2D eigenvalue weighted by molar-refractivity contribution is -0.126. The van der Waals surface area contributed by atoms with Gasteiger partial charge in [0.05, 0.1) is 18.2 Å². The van der Waals surface area contributed by atoms with E-state index in [1.165, 1.54) is 4.88 Å². The first-order valence-electron chi connectivity index (χ1n) is 7.72. The second-order valence-corrected chi connectivity index (χ2v) is 6.47. The predicted molar refractivity (Wildman–Crippen MR) is 85.7 cm³/mol. The molecule has 0 saturated carbocycles. The zero-order chi connectivity index (χ0) is 15.4. The molecule has 1 N–H and O–H groups in total. The van der Waals surface area contributed by atoms with Gasteiger partial charge in [0, 0.05) is 36.3 Å². The van der Waals surface area contributed by atoms with Crippen LogP contribution >= 0.6 is 11.3 Å². The summed E-state index contributed by atoms with van der Waals surface area (Å²) in [6, 6.07) is 4.13. The third-order valence-electron chi connectivity index (χ3n) is 3.98. The third kappa shape index (κ3) is 3.39. The van der Waals surface area contributed by atoms with E-state index in [2.05, 4.69) is 21.9 Å². The number of ether oxygens (including phenoxy) is 1. The van der Waals surface area contributed by atoms with E-state index in [-0.39, 0.29) is 17.9 Å². The van der Waals surface area contributed by atoms with E-state index in [0.29, 0.717) is 13.2 Å². The number of hydrogen-bond acceptors (Lipinski definition) is 4. The minimum atomic E-state index is -0.165. The van der Waals surface area contributed by atoms with Gasteiger partial charge in [0.15, 0.2) is 0 Å². The molecule has 0 unspecified atom stereocenters. The molecule has 5 nitrogen and oxygen atoms in total. The van der Waals surface area contributed by atoms with Gasteiger partial charge in [0.1, 0.15) is 0 Å². The number of carbonyl (C=O) groups excluding carboxylic acids is 1. The second kappa shape index (κ2) is 7.07. The lowest BCUT2D eigenvalue weighted by atomic mass is 9.96. The highest BCUT2D eigenvalue weighted by Crippen LogP contribution is 2.34. The highest BCUT2D eigenvalue weighted by molar-refractivity contribution is 7.09. The van der Waals surface area contributed by atoms with E-state index in [1.54, 1.807) is 11.3 Å². The van der Waals surface area contributed by atoms with Crippen LogP contribution in [0.4, 0.5) is 0 Å². The maximum Gasteiger partial charge on any atom is 0.226 e. The Labute approximate surface area is 134 Å². The third-order valence-corrected chi connectivity index (χ3v) is 4.92.